The second kappa shape index (κ2) is 8.16. The van der Waals surface area contributed by atoms with E-state index in [4.69, 9.17) is 9.05 Å². The number of para-hydroxylation sites is 2. The summed E-state index contributed by atoms with van der Waals surface area (Å²) in [5, 5.41) is 0. The quantitative estimate of drug-likeness (QED) is 0.492. The maximum Gasteiger partial charge on any atom is 0.805 e. The van der Waals surface area contributed by atoms with E-state index in [1.54, 1.807) is 24.3 Å². The van der Waals surface area contributed by atoms with Crippen LogP contribution in [-0.4, -0.2) is 0 Å². The molecule has 0 radical (unpaired) electrons. The summed E-state index contributed by atoms with van der Waals surface area (Å²) in [4.78, 5) is 0. The van der Waals surface area contributed by atoms with Crippen molar-refractivity contribution in [1.29, 1.82) is 0 Å². The molecule has 0 atom stereocenters. The van der Waals surface area contributed by atoms with Crippen LogP contribution in [0.3, 0.4) is 0 Å². The van der Waals surface area contributed by atoms with Crippen LogP contribution in [0.15, 0.2) is 73.8 Å². The zero-order valence-electron chi connectivity index (χ0n) is 12.3. The SMILES string of the molecule is C=CCc1ccccc1O[P+](=O)Oc1ccccc1CC=C. The molecule has 0 saturated carbocycles. The lowest BCUT2D eigenvalue weighted by molar-refractivity contribution is 0.412. The fourth-order valence-electron chi connectivity index (χ4n) is 2.01. The molecular weight excluding hydrogens is 295 g/mol. The minimum Gasteiger partial charge on any atom is -0.222 e. The molecule has 22 heavy (non-hydrogen) atoms. The van der Waals surface area contributed by atoms with Crippen LogP contribution in [0.25, 0.3) is 0 Å². The summed E-state index contributed by atoms with van der Waals surface area (Å²) in [5.74, 6) is 1.09. The van der Waals surface area contributed by atoms with Crippen molar-refractivity contribution in [2.24, 2.45) is 0 Å². The molecule has 0 unspecified atom stereocenters. The fraction of sp³-hybridized carbons (Fsp3) is 0.111. The van der Waals surface area contributed by atoms with Crippen LogP contribution in [0.1, 0.15) is 11.1 Å². The topological polar surface area (TPSA) is 35.5 Å². The van der Waals surface area contributed by atoms with Crippen LogP contribution in [0.4, 0.5) is 0 Å². The van der Waals surface area contributed by atoms with Gasteiger partial charge in [-0.25, -0.2) is 9.05 Å². The minimum absolute atomic E-state index is 0.546. The normalized spacial score (nSPS) is 9.82. The van der Waals surface area contributed by atoms with E-state index in [0.29, 0.717) is 24.3 Å². The van der Waals surface area contributed by atoms with Gasteiger partial charge in [-0.15, -0.1) is 13.2 Å². The number of rotatable bonds is 8. The lowest BCUT2D eigenvalue weighted by atomic mass is 10.1. The molecule has 0 aliphatic carbocycles. The highest BCUT2D eigenvalue weighted by atomic mass is 31.1. The first-order chi connectivity index (χ1) is 10.7. The van der Waals surface area contributed by atoms with Gasteiger partial charge in [0.2, 0.25) is 0 Å². The molecule has 0 fully saturated rings. The third-order valence-electron chi connectivity index (χ3n) is 3.02. The van der Waals surface area contributed by atoms with Gasteiger partial charge in [-0.05, 0) is 25.0 Å². The second-order valence-electron chi connectivity index (χ2n) is 4.61. The van der Waals surface area contributed by atoms with Gasteiger partial charge in [-0.2, -0.15) is 0 Å². The summed E-state index contributed by atoms with van der Waals surface area (Å²) >= 11 is 0. The fourth-order valence-corrected chi connectivity index (χ4v) is 2.73. The Morgan fingerprint density at radius 2 is 1.23 bits per heavy atom. The van der Waals surface area contributed by atoms with E-state index < -0.39 is 8.25 Å². The van der Waals surface area contributed by atoms with Crippen molar-refractivity contribution in [3.05, 3.63) is 85.0 Å². The van der Waals surface area contributed by atoms with E-state index >= 15 is 0 Å². The van der Waals surface area contributed by atoms with E-state index in [2.05, 4.69) is 13.2 Å². The summed E-state index contributed by atoms with van der Waals surface area (Å²) in [6, 6.07) is 14.8. The van der Waals surface area contributed by atoms with Crippen LogP contribution in [0.2, 0.25) is 0 Å². The van der Waals surface area contributed by atoms with Crippen molar-refractivity contribution >= 4 is 8.25 Å². The Balaban J connectivity index is 2.11. The van der Waals surface area contributed by atoms with E-state index in [-0.39, 0.29) is 0 Å². The second-order valence-corrected chi connectivity index (χ2v) is 5.42. The monoisotopic (exact) mass is 313 g/mol. The highest BCUT2D eigenvalue weighted by Crippen LogP contribution is 2.34. The van der Waals surface area contributed by atoms with Crippen LogP contribution < -0.4 is 9.05 Å². The predicted molar refractivity (Wildman–Crippen MR) is 89.5 cm³/mol. The van der Waals surface area contributed by atoms with E-state index in [1.165, 1.54) is 0 Å². The van der Waals surface area contributed by atoms with Crippen LogP contribution in [0, 0.1) is 0 Å². The Hall–Kier alpha value is -2.38. The first-order valence-corrected chi connectivity index (χ1v) is 8.05. The van der Waals surface area contributed by atoms with Crippen molar-refractivity contribution in [2.45, 2.75) is 12.8 Å². The third-order valence-corrected chi connectivity index (χ3v) is 3.71. The van der Waals surface area contributed by atoms with Gasteiger partial charge in [0, 0.05) is 15.7 Å². The molecule has 2 aromatic rings. The molecule has 0 saturated heterocycles. The van der Waals surface area contributed by atoms with E-state index in [0.717, 1.165) is 11.1 Å². The number of hydrogen-bond acceptors (Lipinski definition) is 3. The third kappa shape index (κ3) is 4.31. The van der Waals surface area contributed by atoms with Gasteiger partial charge in [-0.1, -0.05) is 48.6 Å². The highest BCUT2D eigenvalue weighted by Gasteiger charge is 2.26. The van der Waals surface area contributed by atoms with Crippen molar-refractivity contribution < 1.29 is 13.6 Å². The zero-order chi connectivity index (χ0) is 15.8. The molecule has 112 valence electrons. The standard InChI is InChI=1S/C18H18O3P/c1-3-9-15-11-5-7-13-17(15)20-22(19)21-18-14-8-6-12-16(18)10-4-2/h3-8,11-14H,1-2,9-10H2/q+1. The van der Waals surface area contributed by atoms with Gasteiger partial charge in [-0.3, -0.25) is 0 Å². The molecule has 0 aliphatic heterocycles. The maximum absolute atomic E-state index is 12.1. The average molecular weight is 313 g/mol. The lowest BCUT2D eigenvalue weighted by Gasteiger charge is -2.02. The molecule has 0 amide bonds. The van der Waals surface area contributed by atoms with Crippen LogP contribution in [-0.2, 0) is 17.4 Å². The average Bonchev–Trinajstić information content (AvgIpc) is 2.52. The Bertz CT molecular complexity index is 622. The molecule has 3 nitrogen and oxygen atoms in total. The summed E-state index contributed by atoms with van der Waals surface area (Å²) < 4.78 is 23.0. The van der Waals surface area contributed by atoms with E-state index in [1.807, 2.05) is 36.4 Å². The van der Waals surface area contributed by atoms with Crippen molar-refractivity contribution in [1.82, 2.24) is 0 Å². The van der Waals surface area contributed by atoms with Gasteiger partial charge in [0.25, 0.3) is 0 Å². The highest BCUT2D eigenvalue weighted by molar-refractivity contribution is 7.34. The summed E-state index contributed by atoms with van der Waals surface area (Å²) in [5.41, 5.74) is 1.84. The molecule has 0 aliphatic rings. The molecule has 4 heteroatoms. The molecule has 0 N–H and O–H groups in total. The molecule has 0 spiro atoms. The van der Waals surface area contributed by atoms with Gasteiger partial charge >= 0.3 is 8.25 Å². The molecule has 0 bridgehead atoms. The Labute approximate surface area is 131 Å². The number of allylic oxidation sites excluding steroid dienone is 2. The molecular formula is C18H18O3P+. The largest absolute Gasteiger partial charge is 0.805 e. The molecule has 0 heterocycles. The van der Waals surface area contributed by atoms with Gasteiger partial charge < -0.3 is 0 Å². The Morgan fingerprint density at radius 1 is 0.818 bits per heavy atom. The van der Waals surface area contributed by atoms with E-state index in [9.17, 15) is 4.57 Å². The summed E-state index contributed by atoms with van der Waals surface area (Å²) in [6.07, 6.45) is 4.84. The first kappa shape index (κ1) is 16.0. The van der Waals surface area contributed by atoms with Gasteiger partial charge in [0.05, 0.1) is 0 Å². The first-order valence-electron chi connectivity index (χ1n) is 6.95. The summed E-state index contributed by atoms with van der Waals surface area (Å²) in [6.45, 7) is 7.41. The minimum atomic E-state index is -2.31. The molecule has 0 aromatic heterocycles. The Morgan fingerprint density at radius 3 is 1.64 bits per heavy atom. The summed E-state index contributed by atoms with van der Waals surface area (Å²) in [7, 11) is -2.31. The van der Waals surface area contributed by atoms with Crippen LogP contribution in [0.5, 0.6) is 11.5 Å². The van der Waals surface area contributed by atoms with Crippen molar-refractivity contribution in [3.63, 3.8) is 0 Å². The van der Waals surface area contributed by atoms with Crippen molar-refractivity contribution in [2.75, 3.05) is 0 Å². The number of hydrogen-bond donors (Lipinski definition) is 0. The smallest absolute Gasteiger partial charge is 0.222 e. The Kier molecular flexibility index (Phi) is 5.93. The van der Waals surface area contributed by atoms with Crippen molar-refractivity contribution in [3.8, 4) is 11.5 Å². The van der Waals surface area contributed by atoms with Gasteiger partial charge in [0.15, 0.2) is 11.5 Å². The zero-order valence-corrected chi connectivity index (χ0v) is 13.2. The maximum atomic E-state index is 12.1. The molecule has 2 aromatic carbocycles. The molecule has 2 rings (SSSR count). The predicted octanol–water partition coefficient (Wildman–Crippen LogP) is 5.26. The lowest BCUT2D eigenvalue weighted by Crippen LogP contribution is -1.95. The number of benzene rings is 2. The van der Waals surface area contributed by atoms with Crippen LogP contribution >= 0.6 is 8.25 Å². The van der Waals surface area contributed by atoms with Gasteiger partial charge in [0.1, 0.15) is 0 Å².